The summed E-state index contributed by atoms with van der Waals surface area (Å²) in [6.07, 6.45) is 2.50. The Morgan fingerprint density at radius 2 is 2.06 bits per heavy atom. The molecule has 1 N–H and O–H groups in total. The van der Waals surface area contributed by atoms with E-state index >= 15 is 0 Å². The van der Waals surface area contributed by atoms with Gasteiger partial charge in [0.1, 0.15) is 5.69 Å². The Morgan fingerprint density at radius 3 is 2.61 bits per heavy atom. The second-order valence-electron chi connectivity index (χ2n) is 5.30. The summed E-state index contributed by atoms with van der Waals surface area (Å²) in [7, 11) is 0. The lowest BCUT2D eigenvalue weighted by molar-refractivity contribution is -0.125. The van der Waals surface area contributed by atoms with Gasteiger partial charge in [0.05, 0.1) is 6.54 Å². The molecule has 0 aliphatic rings. The number of rotatable bonds is 5. The number of ketones is 1. The van der Waals surface area contributed by atoms with Gasteiger partial charge in [0.25, 0.3) is 5.91 Å². The average Bonchev–Trinajstić information content (AvgIpc) is 2.72. The fourth-order valence-electron chi connectivity index (χ4n) is 1.43. The predicted octanol–water partition coefficient (Wildman–Crippen LogP) is 1.64. The molecule has 0 spiro atoms. The highest BCUT2D eigenvalue weighted by atomic mass is 16.2. The maximum atomic E-state index is 11.9. The highest BCUT2D eigenvalue weighted by Crippen LogP contribution is 2.13. The molecule has 0 bridgehead atoms. The minimum atomic E-state index is -0.434. The molecule has 0 unspecified atom stereocenters. The first-order valence-electron chi connectivity index (χ1n) is 6.19. The van der Waals surface area contributed by atoms with Gasteiger partial charge in [-0.25, -0.2) is 0 Å². The third-order valence-electron chi connectivity index (χ3n) is 2.63. The molecule has 5 heteroatoms. The quantitative estimate of drug-likeness (QED) is 0.865. The first kappa shape index (κ1) is 14.4. The van der Waals surface area contributed by atoms with Crippen LogP contribution in [0.4, 0.5) is 0 Å². The Kier molecular flexibility index (Phi) is 4.64. The molecule has 5 nitrogen and oxygen atoms in total. The van der Waals surface area contributed by atoms with Crippen molar-refractivity contribution < 1.29 is 9.59 Å². The van der Waals surface area contributed by atoms with Crippen LogP contribution in [0.1, 0.15) is 44.6 Å². The summed E-state index contributed by atoms with van der Waals surface area (Å²) in [5.74, 6) is -0.240. The van der Waals surface area contributed by atoms with Gasteiger partial charge in [-0.15, -0.1) is 0 Å². The van der Waals surface area contributed by atoms with Crippen LogP contribution in [0, 0.1) is 5.41 Å². The maximum Gasteiger partial charge on any atom is 0.269 e. The maximum absolute atomic E-state index is 11.9. The van der Waals surface area contributed by atoms with Crippen LogP contribution in [0.15, 0.2) is 12.3 Å². The van der Waals surface area contributed by atoms with Crippen molar-refractivity contribution in [3.63, 3.8) is 0 Å². The van der Waals surface area contributed by atoms with Gasteiger partial charge in [-0.1, -0.05) is 27.7 Å². The van der Waals surface area contributed by atoms with Gasteiger partial charge in [0, 0.05) is 18.2 Å². The van der Waals surface area contributed by atoms with E-state index in [1.54, 1.807) is 16.9 Å². The topological polar surface area (TPSA) is 64.0 Å². The summed E-state index contributed by atoms with van der Waals surface area (Å²) in [6, 6.07) is 1.66. The molecule has 1 aromatic rings. The molecule has 1 aromatic heterocycles. The Hall–Kier alpha value is -1.65. The van der Waals surface area contributed by atoms with E-state index in [1.807, 2.05) is 27.7 Å². The summed E-state index contributed by atoms with van der Waals surface area (Å²) in [4.78, 5) is 23.6. The highest BCUT2D eigenvalue weighted by molar-refractivity contribution is 5.96. The van der Waals surface area contributed by atoms with Crippen molar-refractivity contribution >= 4 is 11.7 Å². The number of aryl methyl sites for hydroxylation is 1. The third-order valence-corrected chi connectivity index (χ3v) is 2.63. The molecule has 0 radical (unpaired) electrons. The number of nitrogens with zero attached hydrogens (tertiary/aromatic N) is 2. The monoisotopic (exact) mass is 251 g/mol. The normalized spacial score (nSPS) is 11.3. The minimum absolute atomic E-state index is 0.0115. The van der Waals surface area contributed by atoms with E-state index in [1.165, 1.54) is 0 Å². The smallest absolute Gasteiger partial charge is 0.269 e. The lowest BCUT2D eigenvalue weighted by Gasteiger charge is -2.16. The van der Waals surface area contributed by atoms with Gasteiger partial charge in [0.15, 0.2) is 5.78 Å². The Balaban J connectivity index is 2.61. The molecule has 1 rings (SSSR count). The summed E-state index contributed by atoms with van der Waals surface area (Å²) in [5.41, 5.74) is 0.0651. The summed E-state index contributed by atoms with van der Waals surface area (Å²) in [6.45, 7) is 8.28. The van der Waals surface area contributed by atoms with Gasteiger partial charge in [-0.3, -0.25) is 14.3 Å². The van der Waals surface area contributed by atoms with Crippen molar-refractivity contribution in [2.75, 3.05) is 6.54 Å². The third kappa shape index (κ3) is 3.68. The number of aromatic nitrogens is 2. The summed E-state index contributed by atoms with van der Waals surface area (Å²) >= 11 is 0. The van der Waals surface area contributed by atoms with Crippen molar-refractivity contribution in [2.24, 2.45) is 5.41 Å². The Bertz CT molecular complexity index is 430. The molecule has 1 amide bonds. The highest BCUT2D eigenvalue weighted by Gasteiger charge is 2.22. The Labute approximate surface area is 108 Å². The number of carbonyl (C=O) groups is 2. The van der Waals surface area contributed by atoms with Gasteiger partial charge in [-0.2, -0.15) is 5.10 Å². The molecular formula is C13H21N3O2. The van der Waals surface area contributed by atoms with Crippen LogP contribution in [0.3, 0.4) is 0 Å². The van der Waals surface area contributed by atoms with Crippen LogP contribution in [0.25, 0.3) is 0 Å². The van der Waals surface area contributed by atoms with E-state index in [-0.39, 0.29) is 18.2 Å². The molecule has 18 heavy (non-hydrogen) atoms. The molecule has 0 aliphatic carbocycles. The summed E-state index contributed by atoms with van der Waals surface area (Å²) in [5, 5.41) is 6.71. The molecule has 0 aliphatic heterocycles. The molecule has 0 saturated heterocycles. The first-order valence-corrected chi connectivity index (χ1v) is 6.19. The van der Waals surface area contributed by atoms with Crippen molar-refractivity contribution in [1.82, 2.24) is 15.1 Å². The van der Waals surface area contributed by atoms with Crippen molar-refractivity contribution in [3.05, 3.63) is 18.0 Å². The zero-order valence-electron chi connectivity index (χ0n) is 11.5. The predicted molar refractivity (Wildman–Crippen MR) is 69.3 cm³/mol. The van der Waals surface area contributed by atoms with Crippen LogP contribution in [0.2, 0.25) is 0 Å². The van der Waals surface area contributed by atoms with Crippen molar-refractivity contribution in [3.8, 4) is 0 Å². The van der Waals surface area contributed by atoms with Crippen LogP contribution in [-0.4, -0.2) is 28.0 Å². The number of amides is 1. The zero-order chi connectivity index (χ0) is 13.8. The molecule has 0 aromatic carbocycles. The molecule has 1 heterocycles. The van der Waals surface area contributed by atoms with E-state index in [0.29, 0.717) is 12.2 Å². The lowest BCUT2D eigenvalue weighted by Crippen LogP contribution is -2.36. The number of carbonyl (C=O) groups excluding carboxylic acids is 2. The lowest BCUT2D eigenvalue weighted by atomic mass is 9.91. The number of nitrogens with one attached hydrogen (secondary N) is 1. The van der Waals surface area contributed by atoms with Gasteiger partial charge in [-0.05, 0) is 12.5 Å². The van der Waals surface area contributed by atoms with E-state index in [2.05, 4.69) is 10.4 Å². The largest absolute Gasteiger partial charge is 0.344 e. The van der Waals surface area contributed by atoms with Crippen LogP contribution >= 0.6 is 0 Å². The van der Waals surface area contributed by atoms with Crippen LogP contribution in [-0.2, 0) is 11.3 Å². The first-order chi connectivity index (χ1) is 8.36. The van der Waals surface area contributed by atoms with E-state index in [0.717, 1.165) is 6.42 Å². The van der Waals surface area contributed by atoms with E-state index < -0.39 is 5.41 Å². The zero-order valence-corrected chi connectivity index (χ0v) is 11.5. The SMILES string of the molecule is CCCn1nccc1C(=O)NCC(=O)C(C)(C)C. The molecule has 0 fully saturated rings. The number of hydrogen-bond donors (Lipinski definition) is 1. The molecule has 0 atom stereocenters. The van der Waals surface area contributed by atoms with Gasteiger partial charge in [0.2, 0.25) is 0 Å². The van der Waals surface area contributed by atoms with Crippen molar-refractivity contribution in [2.45, 2.75) is 40.7 Å². The second-order valence-corrected chi connectivity index (χ2v) is 5.30. The molecule has 100 valence electrons. The number of hydrogen-bond acceptors (Lipinski definition) is 3. The fraction of sp³-hybridized carbons (Fsp3) is 0.615. The van der Waals surface area contributed by atoms with E-state index in [9.17, 15) is 9.59 Å². The van der Waals surface area contributed by atoms with Crippen LogP contribution < -0.4 is 5.32 Å². The second kappa shape index (κ2) is 5.80. The fourth-order valence-corrected chi connectivity index (χ4v) is 1.43. The van der Waals surface area contributed by atoms with Crippen molar-refractivity contribution in [1.29, 1.82) is 0 Å². The average molecular weight is 251 g/mol. The number of Topliss-reactive ketones (excluding diaryl/α,β-unsaturated/α-hetero) is 1. The van der Waals surface area contributed by atoms with E-state index in [4.69, 9.17) is 0 Å². The minimum Gasteiger partial charge on any atom is -0.344 e. The summed E-state index contributed by atoms with van der Waals surface area (Å²) < 4.78 is 1.65. The standard InChI is InChI=1S/C13H21N3O2/c1-5-8-16-10(6-7-15-16)12(18)14-9-11(17)13(2,3)4/h6-7H,5,8-9H2,1-4H3,(H,14,18). The molecule has 0 saturated carbocycles. The molecular weight excluding hydrogens is 230 g/mol. The van der Waals surface area contributed by atoms with Gasteiger partial charge >= 0.3 is 0 Å². The van der Waals surface area contributed by atoms with Gasteiger partial charge < -0.3 is 5.32 Å². The van der Waals surface area contributed by atoms with Crippen LogP contribution in [0.5, 0.6) is 0 Å². The Morgan fingerprint density at radius 1 is 1.39 bits per heavy atom.